The van der Waals surface area contributed by atoms with Crippen LogP contribution in [0.2, 0.25) is 0 Å². The molecule has 0 bridgehead atoms. The van der Waals surface area contributed by atoms with Gasteiger partial charge in [0.25, 0.3) is 0 Å². The van der Waals surface area contributed by atoms with Crippen molar-refractivity contribution in [3.8, 4) is 66.8 Å². The van der Waals surface area contributed by atoms with Crippen LogP contribution in [0.1, 0.15) is 22.3 Å². The lowest BCUT2D eigenvalue weighted by molar-refractivity contribution is 0.768. The summed E-state index contributed by atoms with van der Waals surface area (Å²) in [6.07, 6.45) is 0. The van der Waals surface area contributed by atoms with Gasteiger partial charge in [-0.15, -0.1) is 0 Å². The zero-order valence-corrected chi connectivity index (χ0v) is 39.7. The molecule has 12 aromatic rings. The minimum atomic E-state index is -0.569. The lowest BCUT2D eigenvalue weighted by Gasteiger charge is -2.35. The summed E-state index contributed by atoms with van der Waals surface area (Å²) in [5.41, 5.74) is 21.9. The first-order chi connectivity index (χ1) is 35.7. The fourth-order valence-electron chi connectivity index (χ4n) is 11.6. The van der Waals surface area contributed by atoms with E-state index in [1.54, 1.807) is 0 Å². The molecule has 0 atom stereocenters. The molecule has 0 aromatic heterocycles. The molecule has 0 radical (unpaired) electrons. The highest BCUT2D eigenvalue weighted by molar-refractivity contribution is 6.03. The van der Waals surface area contributed by atoms with Crippen LogP contribution in [0.25, 0.3) is 77.5 Å². The average Bonchev–Trinajstić information content (AvgIpc) is 3.76. The summed E-state index contributed by atoms with van der Waals surface area (Å²) in [7, 11) is 0. The van der Waals surface area contributed by atoms with Gasteiger partial charge in [0, 0.05) is 16.9 Å². The molecule has 0 heterocycles. The minimum Gasteiger partial charge on any atom is -0.310 e. The lowest BCUT2D eigenvalue weighted by Crippen LogP contribution is -2.28. The van der Waals surface area contributed by atoms with Gasteiger partial charge in [-0.05, 0) is 131 Å². The summed E-state index contributed by atoms with van der Waals surface area (Å²) < 4.78 is 0. The van der Waals surface area contributed by atoms with E-state index in [1.807, 2.05) is 0 Å². The van der Waals surface area contributed by atoms with E-state index in [0.717, 1.165) is 33.8 Å². The lowest BCUT2D eigenvalue weighted by atomic mass is 9.67. The highest BCUT2D eigenvalue weighted by Gasteiger charge is 2.46. The molecule has 0 saturated carbocycles. The SMILES string of the molecule is c1ccc(-c2ccccc2-c2c(-c3ccccc3)cccc2-c2ccccc2N(c2cccc(-c3ccc4ccccc4c3)c2)c2ccc3c(c2)C(c2ccccc2)(c2ccccc2)c2ccccc2-3)cc1. The van der Waals surface area contributed by atoms with Crippen molar-refractivity contribution in [3.05, 3.63) is 320 Å². The molecule has 0 fully saturated rings. The molecule has 0 spiro atoms. The highest BCUT2D eigenvalue weighted by Crippen LogP contribution is 2.58. The van der Waals surface area contributed by atoms with Crippen molar-refractivity contribution in [2.75, 3.05) is 4.90 Å². The first-order valence-corrected chi connectivity index (χ1v) is 24.9. The van der Waals surface area contributed by atoms with Crippen molar-refractivity contribution in [3.63, 3.8) is 0 Å². The minimum absolute atomic E-state index is 0.569. The summed E-state index contributed by atoms with van der Waals surface area (Å²) in [6.45, 7) is 0. The van der Waals surface area contributed by atoms with Crippen LogP contribution in [0.4, 0.5) is 17.1 Å². The topological polar surface area (TPSA) is 3.24 Å². The molecular formula is C71H49N. The second kappa shape index (κ2) is 18.2. The molecule has 1 nitrogen and oxygen atoms in total. The highest BCUT2D eigenvalue weighted by atomic mass is 15.1. The normalized spacial score (nSPS) is 12.3. The smallest absolute Gasteiger partial charge is 0.0714 e. The van der Waals surface area contributed by atoms with Crippen molar-refractivity contribution >= 4 is 27.8 Å². The van der Waals surface area contributed by atoms with E-state index in [4.69, 9.17) is 0 Å². The van der Waals surface area contributed by atoms with Crippen LogP contribution in [0.15, 0.2) is 297 Å². The number of hydrogen-bond donors (Lipinski definition) is 0. The summed E-state index contributed by atoms with van der Waals surface area (Å²) in [5.74, 6) is 0. The molecule has 0 N–H and O–H groups in total. The second-order valence-corrected chi connectivity index (χ2v) is 18.7. The summed E-state index contributed by atoms with van der Waals surface area (Å²) in [6, 6.07) is 109. The van der Waals surface area contributed by atoms with Crippen molar-refractivity contribution < 1.29 is 0 Å². The molecule has 338 valence electrons. The van der Waals surface area contributed by atoms with Gasteiger partial charge in [0.15, 0.2) is 0 Å². The van der Waals surface area contributed by atoms with E-state index in [2.05, 4.69) is 302 Å². The van der Waals surface area contributed by atoms with Crippen molar-refractivity contribution in [1.82, 2.24) is 0 Å². The van der Waals surface area contributed by atoms with Crippen molar-refractivity contribution in [2.45, 2.75) is 5.41 Å². The molecule has 0 saturated heterocycles. The van der Waals surface area contributed by atoms with Gasteiger partial charge in [0.2, 0.25) is 0 Å². The van der Waals surface area contributed by atoms with Gasteiger partial charge in [-0.1, -0.05) is 261 Å². The standard InChI is InChI=1S/C71H49N/c1-5-24-51(25-6-1)60-35-15-16-38-65(60)70-61(52-26-7-2-8-27-52)39-22-40-66(70)64-37-18-20-42-69(64)72(58-34-21-29-54(48-58)55-44-43-50-23-13-14-28-53(50)47-55)59-45-46-63-62-36-17-19-41-67(62)71(68(63)49-59,56-30-9-3-10-31-56)57-32-11-4-12-33-57/h1-49H. The van der Waals surface area contributed by atoms with E-state index in [9.17, 15) is 0 Å². The summed E-state index contributed by atoms with van der Waals surface area (Å²) >= 11 is 0. The molecule has 0 amide bonds. The van der Waals surface area contributed by atoms with E-state index in [0.29, 0.717) is 0 Å². The third-order valence-electron chi connectivity index (χ3n) is 14.8. The number of fused-ring (bicyclic) bond motifs is 4. The number of rotatable bonds is 10. The first-order valence-electron chi connectivity index (χ1n) is 24.9. The number of anilines is 3. The Labute approximate surface area is 422 Å². The number of hydrogen-bond acceptors (Lipinski definition) is 1. The Hall–Kier alpha value is -9.30. The third kappa shape index (κ3) is 7.25. The molecule has 72 heavy (non-hydrogen) atoms. The molecule has 1 aliphatic rings. The molecule has 0 aliphatic heterocycles. The Morgan fingerprint density at radius 1 is 0.236 bits per heavy atom. The Bertz CT molecular complexity index is 3870. The van der Waals surface area contributed by atoms with Crippen LogP contribution >= 0.6 is 0 Å². The number of benzene rings is 12. The van der Waals surface area contributed by atoms with E-state index < -0.39 is 5.41 Å². The number of para-hydroxylation sites is 1. The van der Waals surface area contributed by atoms with Gasteiger partial charge >= 0.3 is 0 Å². The van der Waals surface area contributed by atoms with Crippen LogP contribution in [0.5, 0.6) is 0 Å². The fraction of sp³-hybridized carbons (Fsp3) is 0.0141. The average molecular weight is 916 g/mol. The predicted octanol–water partition coefficient (Wildman–Crippen LogP) is 19.0. The van der Waals surface area contributed by atoms with Gasteiger partial charge < -0.3 is 4.90 Å². The molecular weight excluding hydrogens is 867 g/mol. The van der Waals surface area contributed by atoms with Gasteiger partial charge in [0.05, 0.1) is 11.1 Å². The van der Waals surface area contributed by atoms with E-state index in [1.165, 1.54) is 83.1 Å². The van der Waals surface area contributed by atoms with E-state index in [-0.39, 0.29) is 0 Å². The van der Waals surface area contributed by atoms with E-state index >= 15 is 0 Å². The fourth-order valence-corrected chi connectivity index (χ4v) is 11.6. The molecule has 0 unspecified atom stereocenters. The zero-order chi connectivity index (χ0) is 47.8. The first kappa shape index (κ1) is 42.8. The Morgan fingerprint density at radius 3 is 1.44 bits per heavy atom. The summed E-state index contributed by atoms with van der Waals surface area (Å²) in [5, 5.41) is 2.45. The van der Waals surface area contributed by atoms with Gasteiger partial charge in [-0.25, -0.2) is 0 Å². The monoisotopic (exact) mass is 915 g/mol. The van der Waals surface area contributed by atoms with Gasteiger partial charge in [0.1, 0.15) is 0 Å². The van der Waals surface area contributed by atoms with Crippen LogP contribution in [-0.2, 0) is 5.41 Å². The predicted molar refractivity (Wildman–Crippen MR) is 303 cm³/mol. The Kier molecular flexibility index (Phi) is 10.8. The molecule has 1 aliphatic carbocycles. The summed E-state index contributed by atoms with van der Waals surface area (Å²) in [4.78, 5) is 2.51. The van der Waals surface area contributed by atoms with Crippen LogP contribution in [0.3, 0.4) is 0 Å². The maximum Gasteiger partial charge on any atom is 0.0714 e. The molecule has 13 rings (SSSR count). The van der Waals surface area contributed by atoms with Crippen LogP contribution in [-0.4, -0.2) is 0 Å². The largest absolute Gasteiger partial charge is 0.310 e. The molecule has 1 heteroatoms. The zero-order valence-electron chi connectivity index (χ0n) is 39.7. The maximum atomic E-state index is 2.51. The van der Waals surface area contributed by atoms with Crippen molar-refractivity contribution in [2.24, 2.45) is 0 Å². The third-order valence-corrected chi connectivity index (χ3v) is 14.8. The maximum absolute atomic E-state index is 2.51. The van der Waals surface area contributed by atoms with Gasteiger partial charge in [-0.3, -0.25) is 0 Å². The second-order valence-electron chi connectivity index (χ2n) is 18.7. The number of nitrogens with zero attached hydrogens (tertiary/aromatic N) is 1. The quantitative estimate of drug-likeness (QED) is 0.132. The van der Waals surface area contributed by atoms with Crippen LogP contribution in [0, 0.1) is 0 Å². The van der Waals surface area contributed by atoms with Crippen molar-refractivity contribution in [1.29, 1.82) is 0 Å². The molecule has 12 aromatic carbocycles. The Morgan fingerprint density at radius 2 is 0.722 bits per heavy atom. The Balaban J connectivity index is 1.09. The van der Waals surface area contributed by atoms with Gasteiger partial charge in [-0.2, -0.15) is 0 Å². The van der Waals surface area contributed by atoms with Crippen LogP contribution < -0.4 is 4.90 Å².